The van der Waals surface area contributed by atoms with Gasteiger partial charge in [-0.1, -0.05) is 42.0 Å². The zero-order valence-corrected chi connectivity index (χ0v) is 14.2. The minimum atomic E-state index is -0.00167. The molecule has 1 unspecified atom stereocenters. The maximum Gasteiger partial charge on any atom is 0.259 e. The Bertz CT molecular complexity index is 784. The lowest BCUT2D eigenvalue weighted by Crippen LogP contribution is -2.33. The van der Waals surface area contributed by atoms with Crippen LogP contribution in [0.1, 0.15) is 25.3 Å². The van der Waals surface area contributed by atoms with Crippen molar-refractivity contribution in [2.75, 3.05) is 12.0 Å². The zero-order valence-electron chi connectivity index (χ0n) is 14.2. The van der Waals surface area contributed by atoms with Crippen LogP contribution < -0.4 is 9.64 Å². The summed E-state index contributed by atoms with van der Waals surface area (Å²) in [6, 6.07) is 17.6. The monoisotopic (exact) mass is 319 g/mol. The Morgan fingerprint density at radius 3 is 2.25 bits per heavy atom. The first-order valence-electron chi connectivity index (χ1n) is 8.00. The molecule has 0 saturated heterocycles. The Kier molecular flexibility index (Phi) is 4.52. The number of anilines is 1. The Morgan fingerprint density at radius 1 is 1.00 bits per heavy atom. The summed E-state index contributed by atoms with van der Waals surface area (Å²) in [7, 11) is 1.63. The van der Waals surface area contributed by atoms with Gasteiger partial charge < -0.3 is 4.74 Å². The predicted octanol–water partition coefficient (Wildman–Crippen LogP) is 4.68. The molecule has 0 N–H and O–H groups in total. The fourth-order valence-corrected chi connectivity index (χ4v) is 3.01. The van der Waals surface area contributed by atoms with Gasteiger partial charge in [0.1, 0.15) is 5.75 Å². The smallest absolute Gasteiger partial charge is 0.259 e. The molecule has 24 heavy (non-hydrogen) atoms. The SMILES string of the molecule is COc1ccc(N2C=CC(c3ccccc3)C(=C(C)C)C2=O)cc1. The van der Waals surface area contributed by atoms with E-state index in [2.05, 4.69) is 18.2 Å². The minimum absolute atomic E-state index is 0.00167. The number of hydrogen-bond donors (Lipinski definition) is 0. The van der Waals surface area contributed by atoms with E-state index >= 15 is 0 Å². The third-order valence-corrected chi connectivity index (χ3v) is 4.24. The molecule has 0 bridgehead atoms. The van der Waals surface area contributed by atoms with Crippen LogP contribution in [0.3, 0.4) is 0 Å². The predicted molar refractivity (Wildman–Crippen MR) is 97.2 cm³/mol. The van der Waals surface area contributed by atoms with Gasteiger partial charge >= 0.3 is 0 Å². The molecule has 1 heterocycles. The maximum atomic E-state index is 13.1. The minimum Gasteiger partial charge on any atom is -0.497 e. The Hall–Kier alpha value is -2.81. The number of nitrogens with zero attached hydrogens (tertiary/aromatic N) is 1. The van der Waals surface area contributed by atoms with Crippen molar-refractivity contribution in [2.45, 2.75) is 19.8 Å². The normalized spacial score (nSPS) is 17.1. The third kappa shape index (κ3) is 2.98. The number of rotatable bonds is 3. The topological polar surface area (TPSA) is 29.5 Å². The summed E-state index contributed by atoms with van der Waals surface area (Å²) >= 11 is 0. The van der Waals surface area contributed by atoms with Crippen LogP contribution in [0.25, 0.3) is 0 Å². The number of carbonyl (C=O) groups is 1. The van der Waals surface area contributed by atoms with E-state index in [0.717, 1.165) is 28.1 Å². The van der Waals surface area contributed by atoms with E-state index in [1.165, 1.54) is 0 Å². The van der Waals surface area contributed by atoms with Gasteiger partial charge in [0.25, 0.3) is 5.91 Å². The van der Waals surface area contributed by atoms with Gasteiger partial charge in [-0.3, -0.25) is 9.69 Å². The molecule has 0 fully saturated rings. The summed E-state index contributed by atoms with van der Waals surface area (Å²) in [6.07, 6.45) is 3.96. The van der Waals surface area contributed by atoms with E-state index in [1.54, 1.807) is 12.0 Å². The first kappa shape index (κ1) is 16.1. The first-order valence-corrected chi connectivity index (χ1v) is 8.00. The lowest BCUT2D eigenvalue weighted by molar-refractivity contribution is -0.115. The fraction of sp³-hybridized carbons (Fsp3) is 0.190. The van der Waals surface area contributed by atoms with Crippen LogP contribution in [0.5, 0.6) is 5.75 Å². The molecule has 3 heteroatoms. The zero-order chi connectivity index (χ0) is 17.1. The van der Waals surface area contributed by atoms with Gasteiger partial charge in [-0.05, 0) is 43.7 Å². The quantitative estimate of drug-likeness (QED) is 0.769. The second kappa shape index (κ2) is 6.75. The van der Waals surface area contributed by atoms with Crippen LogP contribution in [0.2, 0.25) is 0 Å². The molecule has 0 aromatic heterocycles. The van der Waals surface area contributed by atoms with E-state index in [9.17, 15) is 4.79 Å². The van der Waals surface area contributed by atoms with Crippen molar-refractivity contribution in [3.05, 3.63) is 83.6 Å². The van der Waals surface area contributed by atoms with Crippen molar-refractivity contribution in [1.29, 1.82) is 0 Å². The number of methoxy groups -OCH3 is 1. The number of hydrogen-bond acceptors (Lipinski definition) is 2. The van der Waals surface area contributed by atoms with Gasteiger partial charge in [0.15, 0.2) is 0 Å². The Balaban J connectivity index is 2.01. The average Bonchev–Trinajstić information content (AvgIpc) is 2.62. The highest BCUT2D eigenvalue weighted by atomic mass is 16.5. The third-order valence-electron chi connectivity index (χ3n) is 4.24. The second-order valence-corrected chi connectivity index (χ2v) is 6.02. The highest BCUT2D eigenvalue weighted by Crippen LogP contribution is 2.35. The molecule has 1 atom stereocenters. The molecule has 0 aliphatic carbocycles. The van der Waals surface area contributed by atoms with Gasteiger partial charge in [-0.2, -0.15) is 0 Å². The summed E-state index contributed by atoms with van der Waals surface area (Å²) < 4.78 is 5.19. The molecule has 2 aromatic rings. The van der Waals surface area contributed by atoms with Crippen LogP contribution >= 0.6 is 0 Å². The summed E-state index contributed by atoms with van der Waals surface area (Å²) in [5.74, 6) is 0.798. The van der Waals surface area contributed by atoms with Crippen LogP contribution in [0.15, 0.2) is 78.0 Å². The molecule has 1 aliphatic heterocycles. The molecule has 1 aliphatic rings. The summed E-state index contributed by atoms with van der Waals surface area (Å²) in [5, 5.41) is 0. The van der Waals surface area contributed by atoms with Crippen LogP contribution in [-0.4, -0.2) is 13.0 Å². The molecule has 0 spiro atoms. The van der Waals surface area contributed by atoms with Crippen molar-refractivity contribution in [3.8, 4) is 5.75 Å². The number of amides is 1. The fourth-order valence-electron chi connectivity index (χ4n) is 3.01. The second-order valence-electron chi connectivity index (χ2n) is 6.02. The number of allylic oxidation sites excluding steroid dienone is 2. The van der Waals surface area contributed by atoms with E-state index in [4.69, 9.17) is 4.74 Å². The highest BCUT2D eigenvalue weighted by Gasteiger charge is 2.30. The lowest BCUT2D eigenvalue weighted by Gasteiger charge is -2.30. The largest absolute Gasteiger partial charge is 0.497 e. The molecule has 0 radical (unpaired) electrons. The van der Waals surface area contributed by atoms with Crippen molar-refractivity contribution in [2.24, 2.45) is 0 Å². The molecule has 3 nitrogen and oxygen atoms in total. The van der Waals surface area contributed by atoms with Crippen LogP contribution in [-0.2, 0) is 4.79 Å². The van der Waals surface area contributed by atoms with E-state index in [-0.39, 0.29) is 11.8 Å². The van der Waals surface area contributed by atoms with Gasteiger partial charge in [0.2, 0.25) is 0 Å². The molecule has 1 amide bonds. The highest BCUT2D eigenvalue weighted by molar-refractivity contribution is 6.09. The van der Waals surface area contributed by atoms with Gasteiger partial charge in [0.05, 0.1) is 7.11 Å². The van der Waals surface area contributed by atoms with E-state index in [1.807, 2.05) is 62.5 Å². The molecular formula is C21H21NO2. The van der Waals surface area contributed by atoms with Crippen molar-refractivity contribution in [1.82, 2.24) is 0 Å². The standard InChI is InChI=1S/C21H21NO2/c1-15(2)20-19(16-7-5-4-6-8-16)13-14-22(21(20)23)17-9-11-18(24-3)12-10-17/h4-14,19H,1-3H3. The Morgan fingerprint density at radius 2 is 1.67 bits per heavy atom. The Labute approximate surface area is 142 Å². The lowest BCUT2D eigenvalue weighted by atomic mass is 9.85. The molecule has 0 saturated carbocycles. The molecule has 122 valence electrons. The average molecular weight is 319 g/mol. The van der Waals surface area contributed by atoms with Crippen LogP contribution in [0.4, 0.5) is 5.69 Å². The first-order chi connectivity index (χ1) is 11.6. The molecule has 3 rings (SSSR count). The van der Waals surface area contributed by atoms with Crippen molar-refractivity contribution in [3.63, 3.8) is 0 Å². The summed E-state index contributed by atoms with van der Waals surface area (Å²) in [4.78, 5) is 14.8. The van der Waals surface area contributed by atoms with Crippen molar-refractivity contribution < 1.29 is 9.53 Å². The van der Waals surface area contributed by atoms with Crippen LogP contribution in [0, 0.1) is 0 Å². The van der Waals surface area contributed by atoms with E-state index in [0.29, 0.717) is 0 Å². The number of benzene rings is 2. The van der Waals surface area contributed by atoms with Gasteiger partial charge in [0, 0.05) is 23.4 Å². The molecule has 2 aromatic carbocycles. The summed E-state index contributed by atoms with van der Waals surface area (Å²) in [6.45, 7) is 3.99. The van der Waals surface area contributed by atoms with Crippen molar-refractivity contribution >= 4 is 11.6 Å². The van der Waals surface area contributed by atoms with E-state index < -0.39 is 0 Å². The maximum absolute atomic E-state index is 13.1. The number of carbonyl (C=O) groups excluding carboxylic acids is 1. The van der Waals surface area contributed by atoms with Gasteiger partial charge in [-0.15, -0.1) is 0 Å². The molecular weight excluding hydrogens is 298 g/mol. The number of ether oxygens (including phenoxy) is 1. The van der Waals surface area contributed by atoms with Gasteiger partial charge in [-0.25, -0.2) is 0 Å². The summed E-state index contributed by atoms with van der Waals surface area (Å²) in [5.41, 5.74) is 3.84.